The smallest absolute Gasteiger partial charge is 0.179 e. The van der Waals surface area contributed by atoms with Crippen molar-refractivity contribution in [2.45, 2.75) is 27.2 Å². The molecule has 25 heavy (non-hydrogen) atoms. The van der Waals surface area contributed by atoms with Crippen LogP contribution in [0.1, 0.15) is 23.6 Å². The summed E-state index contributed by atoms with van der Waals surface area (Å²) in [6.07, 6.45) is 0.746. The number of nitrogens with two attached hydrogens (primary N) is 1. The van der Waals surface area contributed by atoms with Gasteiger partial charge in [0.2, 0.25) is 0 Å². The van der Waals surface area contributed by atoms with Gasteiger partial charge in [0.05, 0.1) is 11.6 Å². The summed E-state index contributed by atoms with van der Waals surface area (Å²) in [6, 6.07) is 9.89. The summed E-state index contributed by atoms with van der Waals surface area (Å²) in [5.41, 5.74) is 8.88. The maximum absolute atomic E-state index is 6.37. The highest BCUT2D eigenvalue weighted by Gasteiger charge is 2.13. The summed E-state index contributed by atoms with van der Waals surface area (Å²) in [5, 5.41) is 0.529. The van der Waals surface area contributed by atoms with Crippen LogP contribution in [0.3, 0.4) is 0 Å². The molecule has 0 bridgehead atoms. The summed E-state index contributed by atoms with van der Waals surface area (Å²) < 4.78 is 17.4. The Kier molecular flexibility index (Phi) is 7.41. The van der Waals surface area contributed by atoms with Crippen molar-refractivity contribution in [3.63, 3.8) is 0 Å². The average molecular weight is 364 g/mol. The molecule has 5 heteroatoms. The van der Waals surface area contributed by atoms with E-state index < -0.39 is 0 Å². The van der Waals surface area contributed by atoms with E-state index in [9.17, 15) is 0 Å². The molecule has 2 aromatic rings. The standard InChI is InChI=1S/C20H26ClNO3/c1-4-23-18-13-16(8-9-22)12-17(21)20(18)25-11-10-24-19-14(2)6-5-7-15(19)3/h5-7,12-13H,4,8-11,22H2,1-3H3. The van der Waals surface area contributed by atoms with Crippen molar-refractivity contribution < 1.29 is 14.2 Å². The first-order chi connectivity index (χ1) is 12.1. The molecule has 0 radical (unpaired) electrons. The topological polar surface area (TPSA) is 53.7 Å². The maximum atomic E-state index is 6.37. The lowest BCUT2D eigenvalue weighted by Gasteiger charge is -2.16. The molecule has 0 aliphatic carbocycles. The molecule has 136 valence electrons. The van der Waals surface area contributed by atoms with Crippen LogP contribution in [0.4, 0.5) is 0 Å². The van der Waals surface area contributed by atoms with Crippen LogP contribution in [0.5, 0.6) is 17.2 Å². The molecule has 0 saturated carbocycles. The SMILES string of the molecule is CCOc1cc(CCN)cc(Cl)c1OCCOc1c(C)cccc1C. The largest absolute Gasteiger partial charge is 0.490 e. The third-order valence-corrected chi connectivity index (χ3v) is 4.07. The first-order valence-corrected chi connectivity index (χ1v) is 8.91. The Bertz CT molecular complexity index is 683. The van der Waals surface area contributed by atoms with Crippen LogP contribution in [-0.2, 0) is 6.42 Å². The third-order valence-electron chi connectivity index (χ3n) is 3.79. The number of aryl methyl sites for hydroxylation is 2. The molecule has 0 saturated heterocycles. The van der Waals surface area contributed by atoms with Crippen molar-refractivity contribution in [2.24, 2.45) is 5.73 Å². The Morgan fingerprint density at radius 3 is 2.20 bits per heavy atom. The van der Waals surface area contributed by atoms with E-state index in [0.717, 1.165) is 28.9 Å². The van der Waals surface area contributed by atoms with Gasteiger partial charge in [-0.3, -0.25) is 0 Å². The number of para-hydroxylation sites is 1. The highest BCUT2D eigenvalue weighted by Crippen LogP contribution is 2.36. The van der Waals surface area contributed by atoms with Crippen LogP contribution in [0.2, 0.25) is 5.02 Å². The zero-order valence-electron chi connectivity index (χ0n) is 15.1. The summed E-state index contributed by atoms with van der Waals surface area (Å²) >= 11 is 6.37. The molecular weight excluding hydrogens is 338 g/mol. The molecule has 0 heterocycles. The van der Waals surface area contributed by atoms with Crippen LogP contribution >= 0.6 is 11.6 Å². The fourth-order valence-corrected chi connectivity index (χ4v) is 2.94. The van der Waals surface area contributed by atoms with E-state index in [1.165, 1.54) is 0 Å². The van der Waals surface area contributed by atoms with Crippen molar-refractivity contribution in [1.82, 2.24) is 0 Å². The predicted molar refractivity (Wildman–Crippen MR) is 102 cm³/mol. The van der Waals surface area contributed by atoms with Gasteiger partial charge in [-0.1, -0.05) is 29.8 Å². The molecule has 0 atom stereocenters. The van der Waals surface area contributed by atoms with Gasteiger partial charge in [0.15, 0.2) is 11.5 Å². The number of benzene rings is 2. The Labute approximate surface area is 154 Å². The molecule has 0 amide bonds. The lowest BCUT2D eigenvalue weighted by atomic mass is 10.1. The molecule has 0 unspecified atom stereocenters. The molecule has 2 aromatic carbocycles. The van der Waals surface area contributed by atoms with E-state index in [2.05, 4.69) is 0 Å². The average Bonchev–Trinajstić information content (AvgIpc) is 2.56. The number of ether oxygens (including phenoxy) is 3. The summed E-state index contributed by atoms with van der Waals surface area (Å²) in [4.78, 5) is 0. The lowest BCUT2D eigenvalue weighted by Crippen LogP contribution is -2.11. The van der Waals surface area contributed by atoms with Gasteiger partial charge >= 0.3 is 0 Å². The number of rotatable bonds is 9. The van der Waals surface area contributed by atoms with E-state index in [-0.39, 0.29) is 0 Å². The normalized spacial score (nSPS) is 10.6. The Morgan fingerprint density at radius 2 is 1.60 bits per heavy atom. The van der Waals surface area contributed by atoms with Gasteiger partial charge in [-0.05, 0) is 62.6 Å². The van der Waals surface area contributed by atoms with E-state index in [4.69, 9.17) is 31.5 Å². The van der Waals surface area contributed by atoms with Crippen molar-refractivity contribution in [1.29, 1.82) is 0 Å². The Morgan fingerprint density at radius 1 is 0.960 bits per heavy atom. The van der Waals surface area contributed by atoms with Crippen LogP contribution < -0.4 is 19.9 Å². The first-order valence-electron chi connectivity index (χ1n) is 8.54. The zero-order valence-corrected chi connectivity index (χ0v) is 15.9. The second-order valence-electron chi connectivity index (χ2n) is 5.79. The quantitative estimate of drug-likeness (QED) is 0.674. The van der Waals surface area contributed by atoms with Crippen LogP contribution in [0, 0.1) is 13.8 Å². The molecule has 0 aliphatic heterocycles. The fourth-order valence-electron chi connectivity index (χ4n) is 2.65. The molecule has 0 fully saturated rings. The molecular formula is C20H26ClNO3. The van der Waals surface area contributed by atoms with Crippen LogP contribution in [-0.4, -0.2) is 26.4 Å². The van der Waals surface area contributed by atoms with Gasteiger partial charge in [0.1, 0.15) is 19.0 Å². The highest BCUT2D eigenvalue weighted by atomic mass is 35.5. The van der Waals surface area contributed by atoms with E-state index in [0.29, 0.717) is 42.9 Å². The molecule has 0 aliphatic rings. The minimum atomic E-state index is 0.379. The second kappa shape index (κ2) is 9.54. The number of hydrogen-bond acceptors (Lipinski definition) is 4. The highest BCUT2D eigenvalue weighted by molar-refractivity contribution is 6.32. The Hall–Kier alpha value is -1.91. The van der Waals surface area contributed by atoms with E-state index >= 15 is 0 Å². The van der Waals surface area contributed by atoms with Crippen molar-refractivity contribution in [3.05, 3.63) is 52.0 Å². The van der Waals surface area contributed by atoms with Crippen molar-refractivity contribution in [3.8, 4) is 17.2 Å². The third kappa shape index (κ3) is 5.28. The Balaban J connectivity index is 2.02. The van der Waals surface area contributed by atoms with Crippen molar-refractivity contribution >= 4 is 11.6 Å². The van der Waals surface area contributed by atoms with Gasteiger partial charge in [-0.25, -0.2) is 0 Å². The van der Waals surface area contributed by atoms with E-state index in [1.807, 2.05) is 51.1 Å². The molecule has 4 nitrogen and oxygen atoms in total. The van der Waals surface area contributed by atoms with Crippen molar-refractivity contribution in [2.75, 3.05) is 26.4 Å². The summed E-state index contributed by atoms with van der Waals surface area (Å²) in [6.45, 7) is 7.90. The fraction of sp³-hybridized carbons (Fsp3) is 0.400. The van der Waals surface area contributed by atoms with Gasteiger partial charge in [0, 0.05) is 0 Å². The predicted octanol–water partition coefficient (Wildman–Crippen LogP) is 4.31. The molecule has 0 spiro atoms. The minimum Gasteiger partial charge on any atom is -0.490 e. The molecule has 2 rings (SSSR count). The number of hydrogen-bond donors (Lipinski definition) is 1. The minimum absolute atomic E-state index is 0.379. The van der Waals surface area contributed by atoms with E-state index in [1.54, 1.807) is 0 Å². The lowest BCUT2D eigenvalue weighted by molar-refractivity contribution is 0.207. The first kappa shape index (κ1) is 19.4. The van der Waals surface area contributed by atoms with Gasteiger partial charge in [-0.15, -0.1) is 0 Å². The zero-order chi connectivity index (χ0) is 18.2. The maximum Gasteiger partial charge on any atom is 0.179 e. The number of halogens is 1. The van der Waals surface area contributed by atoms with Gasteiger partial charge in [0.25, 0.3) is 0 Å². The summed E-state index contributed by atoms with van der Waals surface area (Å²) in [5.74, 6) is 2.10. The van der Waals surface area contributed by atoms with Crippen LogP contribution in [0.15, 0.2) is 30.3 Å². The van der Waals surface area contributed by atoms with Gasteiger partial charge < -0.3 is 19.9 Å². The monoisotopic (exact) mass is 363 g/mol. The van der Waals surface area contributed by atoms with Gasteiger partial charge in [-0.2, -0.15) is 0 Å². The second-order valence-corrected chi connectivity index (χ2v) is 6.20. The molecule has 2 N–H and O–H groups in total. The molecule has 0 aromatic heterocycles. The van der Waals surface area contributed by atoms with Crippen LogP contribution in [0.25, 0.3) is 0 Å². The summed E-state index contributed by atoms with van der Waals surface area (Å²) in [7, 11) is 0.